The minimum Gasteiger partial charge on any atom is -0.390 e. The van der Waals surface area contributed by atoms with E-state index in [9.17, 15) is 10.1 Å². The lowest BCUT2D eigenvalue weighted by Crippen LogP contribution is -3.13. The fourth-order valence-corrected chi connectivity index (χ4v) is 1.49. The van der Waals surface area contributed by atoms with Gasteiger partial charge in [-0.15, -0.1) is 4.68 Å². The lowest BCUT2D eigenvalue weighted by molar-refractivity contribution is -0.930. The fraction of sp³-hybridized carbons (Fsp3) is 0.714. The summed E-state index contributed by atoms with van der Waals surface area (Å²) in [4.78, 5) is 14.6. The van der Waals surface area contributed by atoms with E-state index in [0.29, 0.717) is 6.67 Å². The van der Waals surface area contributed by atoms with Crippen LogP contribution < -0.4 is 4.90 Å². The zero-order valence-electron chi connectivity index (χ0n) is 8.13. The van der Waals surface area contributed by atoms with Crippen LogP contribution in [-0.2, 0) is 11.4 Å². The van der Waals surface area contributed by atoms with Gasteiger partial charge in [0, 0.05) is 5.10 Å². The van der Waals surface area contributed by atoms with E-state index in [4.69, 9.17) is 4.74 Å². The van der Waals surface area contributed by atoms with Gasteiger partial charge in [0.2, 0.25) is 6.33 Å². The highest BCUT2D eigenvalue weighted by molar-refractivity contribution is 4.96. The molecule has 0 unspecified atom stereocenters. The number of nitrogens with one attached hydrogen (secondary N) is 1. The zero-order valence-corrected chi connectivity index (χ0v) is 8.13. The topological polar surface area (TPSA) is 87.5 Å². The van der Waals surface area contributed by atoms with Gasteiger partial charge in [0.15, 0.2) is 6.67 Å². The number of rotatable bonds is 3. The Kier molecular flexibility index (Phi) is 2.88. The SMILES string of the molecule is O=[N+]([O-])c1ncn(C[NH+]2CCOCC2)n1. The van der Waals surface area contributed by atoms with Gasteiger partial charge in [0.05, 0.1) is 13.2 Å². The van der Waals surface area contributed by atoms with Crippen molar-refractivity contribution in [2.45, 2.75) is 6.67 Å². The predicted molar refractivity (Wildman–Crippen MR) is 48.2 cm³/mol. The number of aromatic nitrogens is 3. The molecule has 0 spiro atoms. The van der Waals surface area contributed by atoms with Crippen molar-refractivity contribution in [3.63, 3.8) is 0 Å². The molecule has 1 aliphatic rings. The van der Waals surface area contributed by atoms with Crippen molar-refractivity contribution in [1.82, 2.24) is 14.8 Å². The van der Waals surface area contributed by atoms with Gasteiger partial charge in [-0.05, 0) is 4.92 Å². The molecule has 0 aromatic carbocycles. The standard InChI is InChI=1S/C7H11N5O3/c13-12(14)7-8-5-11(9-7)6-10-1-3-15-4-2-10/h5H,1-4,6H2/p+1. The average molecular weight is 214 g/mol. The van der Waals surface area contributed by atoms with Crippen molar-refractivity contribution in [3.8, 4) is 0 Å². The summed E-state index contributed by atoms with van der Waals surface area (Å²) in [5.74, 6) is -0.345. The maximum absolute atomic E-state index is 10.3. The first kappa shape index (κ1) is 9.99. The van der Waals surface area contributed by atoms with E-state index in [-0.39, 0.29) is 5.95 Å². The molecule has 0 aliphatic carbocycles. The number of morpholine rings is 1. The Morgan fingerprint density at radius 1 is 1.60 bits per heavy atom. The first-order valence-corrected chi connectivity index (χ1v) is 4.71. The summed E-state index contributed by atoms with van der Waals surface area (Å²) < 4.78 is 6.71. The van der Waals surface area contributed by atoms with Crippen molar-refractivity contribution in [1.29, 1.82) is 0 Å². The molecule has 1 aliphatic heterocycles. The van der Waals surface area contributed by atoms with E-state index in [0.717, 1.165) is 26.3 Å². The lowest BCUT2D eigenvalue weighted by atomic mass is 10.4. The molecule has 1 N–H and O–H groups in total. The van der Waals surface area contributed by atoms with Gasteiger partial charge in [-0.3, -0.25) is 0 Å². The summed E-state index contributed by atoms with van der Waals surface area (Å²) in [6.45, 7) is 3.85. The van der Waals surface area contributed by atoms with Crippen LogP contribution in [-0.4, -0.2) is 46.0 Å². The van der Waals surface area contributed by atoms with Crippen molar-refractivity contribution in [2.24, 2.45) is 0 Å². The van der Waals surface area contributed by atoms with E-state index in [1.54, 1.807) is 0 Å². The Bertz CT molecular complexity index is 346. The van der Waals surface area contributed by atoms with Crippen LogP contribution in [0.3, 0.4) is 0 Å². The highest BCUT2D eigenvalue weighted by Crippen LogP contribution is 1.97. The van der Waals surface area contributed by atoms with Crippen LogP contribution in [0.5, 0.6) is 0 Å². The molecule has 2 heterocycles. The molecule has 1 fully saturated rings. The Labute approximate surface area is 85.6 Å². The molecule has 1 aromatic rings. The van der Waals surface area contributed by atoms with E-state index in [1.807, 2.05) is 0 Å². The molecule has 0 bridgehead atoms. The summed E-state index contributed by atoms with van der Waals surface area (Å²) in [5, 5.41) is 14.1. The van der Waals surface area contributed by atoms with E-state index in [2.05, 4.69) is 10.1 Å². The highest BCUT2D eigenvalue weighted by atomic mass is 16.6. The lowest BCUT2D eigenvalue weighted by Gasteiger charge is -2.22. The molecule has 15 heavy (non-hydrogen) atoms. The smallest absolute Gasteiger partial charge is 0.390 e. The number of quaternary nitrogens is 1. The van der Waals surface area contributed by atoms with Crippen LogP contribution in [0.15, 0.2) is 6.33 Å². The van der Waals surface area contributed by atoms with Crippen molar-refractivity contribution in [2.75, 3.05) is 26.3 Å². The molecule has 1 saturated heterocycles. The first-order valence-electron chi connectivity index (χ1n) is 4.71. The van der Waals surface area contributed by atoms with Gasteiger partial charge < -0.3 is 19.8 Å². The van der Waals surface area contributed by atoms with Crippen LogP contribution in [0, 0.1) is 10.1 Å². The predicted octanol–water partition coefficient (Wildman–Crippen LogP) is -1.94. The van der Waals surface area contributed by atoms with Gasteiger partial charge in [-0.1, -0.05) is 4.98 Å². The van der Waals surface area contributed by atoms with Gasteiger partial charge in [-0.25, -0.2) is 0 Å². The molecule has 0 amide bonds. The number of nitrogens with zero attached hydrogens (tertiary/aromatic N) is 4. The zero-order chi connectivity index (χ0) is 10.7. The number of ether oxygens (including phenoxy) is 1. The normalized spacial score (nSPS) is 17.9. The summed E-state index contributed by atoms with van der Waals surface area (Å²) in [6.07, 6.45) is 1.39. The number of hydrogen-bond acceptors (Lipinski definition) is 5. The largest absolute Gasteiger partial charge is 0.491 e. The van der Waals surface area contributed by atoms with Gasteiger partial charge in [-0.2, -0.15) is 0 Å². The third-order valence-electron chi connectivity index (χ3n) is 2.27. The first-order chi connectivity index (χ1) is 7.25. The fourth-order valence-electron chi connectivity index (χ4n) is 1.49. The Balaban J connectivity index is 1.94. The minimum atomic E-state index is -0.592. The molecule has 0 atom stereocenters. The Hall–Kier alpha value is -1.54. The second-order valence-corrected chi connectivity index (χ2v) is 3.36. The monoisotopic (exact) mass is 214 g/mol. The quantitative estimate of drug-likeness (QED) is 0.467. The van der Waals surface area contributed by atoms with E-state index >= 15 is 0 Å². The summed E-state index contributed by atoms with van der Waals surface area (Å²) in [7, 11) is 0. The third kappa shape index (κ3) is 2.48. The van der Waals surface area contributed by atoms with Crippen LogP contribution in [0.2, 0.25) is 0 Å². The van der Waals surface area contributed by atoms with Crippen molar-refractivity contribution >= 4 is 5.95 Å². The maximum atomic E-state index is 10.3. The maximum Gasteiger partial charge on any atom is 0.491 e. The van der Waals surface area contributed by atoms with Crippen LogP contribution in [0.25, 0.3) is 0 Å². The molecule has 8 nitrogen and oxygen atoms in total. The average Bonchev–Trinajstić information content (AvgIpc) is 2.68. The molecule has 8 heteroatoms. The number of nitro groups is 1. The second kappa shape index (κ2) is 4.32. The summed E-state index contributed by atoms with van der Waals surface area (Å²) in [5.41, 5.74) is 0. The Morgan fingerprint density at radius 2 is 2.33 bits per heavy atom. The summed E-state index contributed by atoms with van der Waals surface area (Å²) in [6, 6.07) is 0. The van der Waals surface area contributed by atoms with E-state index in [1.165, 1.54) is 15.9 Å². The minimum absolute atomic E-state index is 0.345. The molecule has 0 radical (unpaired) electrons. The van der Waals surface area contributed by atoms with Crippen LogP contribution in [0.4, 0.5) is 5.95 Å². The molecule has 1 aromatic heterocycles. The highest BCUT2D eigenvalue weighted by Gasteiger charge is 2.19. The van der Waals surface area contributed by atoms with Crippen molar-refractivity contribution in [3.05, 3.63) is 16.4 Å². The molecule has 2 rings (SSSR count). The third-order valence-corrected chi connectivity index (χ3v) is 2.27. The second-order valence-electron chi connectivity index (χ2n) is 3.36. The Morgan fingerprint density at radius 3 is 2.93 bits per heavy atom. The van der Waals surface area contributed by atoms with Crippen molar-refractivity contribution < 1.29 is 14.6 Å². The number of hydrogen-bond donors (Lipinski definition) is 1. The molecule has 82 valence electrons. The summed E-state index contributed by atoms with van der Waals surface area (Å²) >= 11 is 0. The van der Waals surface area contributed by atoms with Crippen LogP contribution in [0.1, 0.15) is 0 Å². The van der Waals surface area contributed by atoms with Gasteiger partial charge in [0.25, 0.3) is 0 Å². The van der Waals surface area contributed by atoms with Crippen LogP contribution >= 0.6 is 0 Å². The molecular weight excluding hydrogens is 202 g/mol. The molecular formula is C7H12N5O3+. The van der Waals surface area contributed by atoms with Gasteiger partial charge in [0.1, 0.15) is 13.1 Å². The molecule has 0 saturated carbocycles. The van der Waals surface area contributed by atoms with E-state index < -0.39 is 4.92 Å². The van der Waals surface area contributed by atoms with Gasteiger partial charge >= 0.3 is 5.95 Å².